The van der Waals surface area contributed by atoms with Crippen LogP contribution in [0.5, 0.6) is 0 Å². The lowest BCUT2D eigenvalue weighted by atomic mass is 9.93. The molecule has 3 rings (SSSR count). The van der Waals surface area contributed by atoms with Crippen LogP contribution in [0, 0.1) is 11.7 Å². The number of likely N-dealkylation sites (tertiary alicyclic amines) is 1. The summed E-state index contributed by atoms with van der Waals surface area (Å²) in [6, 6.07) is 5.87. The molecule has 4 nitrogen and oxygen atoms in total. The predicted molar refractivity (Wildman–Crippen MR) is 108 cm³/mol. The first-order valence-electron chi connectivity index (χ1n) is 9.00. The average Bonchev–Trinajstić information content (AvgIpc) is 3.44. The van der Waals surface area contributed by atoms with Gasteiger partial charge in [-0.3, -0.25) is 14.5 Å². The van der Waals surface area contributed by atoms with Gasteiger partial charge in [0.2, 0.25) is 0 Å². The topological polar surface area (TPSA) is 57.6 Å². The minimum atomic E-state index is -0.603. The van der Waals surface area contributed by atoms with E-state index in [0.29, 0.717) is 25.1 Å². The van der Waals surface area contributed by atoms with Crippen molar-refractivity contribution in [3.63, 3.8) is 0 Å². The van der Waals surface area contributed by atoms with E-state index in [2.05, 4.69) is 0 Å². The zero-order chi connectivity index (χ0) is 18.7. The van der Waals surface area contributed by atoms with E-state index < -0.39 is 6.04 Å². The van der Waals surface area contributed by atoms with Gasteiger partial charge in [0.05, 0.1) is 12.6 Å². The number of nitrogens with zero attached hydrogens (tertiary/aromatic N) is 1. The van der Waals surface area contributed by atoms with Gasteiger partial charge in [0.25, 0.3) is 0 Å². The molecule has 7 heteroatoms. The van der Waals surface area contributed by atoms with Crippen molar-refractivity contribution in [3.8, 4) is 0 Å². The van der Waals surface area contributed by atoms with Gasteiger partial charge in [-0.1, -0.05) is 36.0 Å². The highest BCUT2D eigenvalue weighted by Crippen LogP contribution is 2.40. The number of carbonyl (C=O) groups excluding carboxylic acids is 2. The van der Waals surface area contributed by atoms with E-state index in [-0.39, 0.29) is 46.9 Å². The molecule has 2 aliphatic rings. The Morgan fingerprint density at radius 2 is 2.04 bits per heavy atom. The van der Waals surface area contributed by atoms with Gasteiger partial charge in [0.15, 0.2) is 10.9 Å². The number of hydrogen-bond donors (Lipinski definition) is 1. The number of halogens is 2. The quantitative estimate of drug-likeness (QED) is 0.723. The first-order chi connectivity index (χ1) is 12.5. The molecule has 1 N–H and O–H groups in total. The molecule has 0 radical (unpaired) electrons. The highest BCUT2D eigenvalue weighted by molar-refractivity contribution is 8.14. The van der Waals surface area contributed by atoms with Gasteiger partial charge >= 0.3 is 0 Å². The molecule has 2 atom stereocenters. The van der Waals surface area contributed by atoms with Crippen molar-refractivity contribution in [1.29, 1.82) is 0 Å². The summed E-state index contributed by atoms with van der Waals surface area (Å²) in [6.45, 7) is 2.50. The maximum Gasteiger partial charge on any atom is 0.186 e. The summed E-state index contributed by atoms with van der Waals surface area (Å²) >= 11 is 1.26. The summed E-state index contributed by atoms with van der Waals surface area (Å²) in [5.74, 6) is -0.260. The highest BCUT2D eigenvalue weighted by atomic mass is 35.5. The summed E-state index contributed by atoms with van der Waals surface area (Å²) in [6.07, 6.45) is 4.16. The molecule has 1 saturated carbocycles. The number of hydrogen-bond acceptors (Lipinski definition) is 5. The number of rotatable bonds is 6. The average molecular weight is 414 g/mol. The molecular weight excluding hydrogens is 389 g/mol. The molecule has 0 spiro atoms. The fraction of sp³-hybridized carbons (Fsp3) is 0.500. The summed E-state index contributed by atoms with van der Waals surface area (Å²) in [5.41, 5.74) is 1.36. The van der Waals surface area contributed by atoms with Gasteiger partial charge in [0, 0.05) is 36.7 Å². The molecule has 1 aliphatic heterocycles. The molecule has 0 amide bonds. The third-order valence-electron chi connectivity index (χ3n) is 4.95. The van der Waals surface area contributed by atoms with Crippen molar-refractivity contribution in [2.24, 2.45) is 5.92 Å². The van der Waals surface area contributed by atoms with Crippen LogP contribution in [0.25, 0.3) is 0 Å². The largest absolute Gasteiger partial charge is 0.392 e. The molecule has 1 aromatic carbocycles. The van der Waals surface area contributed by atoms with Crippen LogP contribution in [0.2, 0.25) is 0 Å². The van der Waals surface area contributed by atoms with Gasteiger partial charge in [-0.15, -0.1) is 12.4 Å². The number of thioether (sulfide) groups is 1. The Bertz CT molecular complexity index is 723. The standard InChI is InChI=1S/C20H24FNO3S.ClH/c1-13(24)26-18-8-10-22(12-15(18)9-11-23)19(20(25)14-6-7-14)16-4-2-3-5-17(16)21;/h2-5,9,14,18-19,23H,6-8,10-12H2,1H3;1H/b15-9+;/t18-,19?;/m0./s1. The molecule has 0 aromatic heterocycles. The van der Waals surface area contributed by atoms with Gasteiger partial charge in [-0.05, 0) is 30.9 Å². The van der Waals surface area contributed by atoms with E-state index in [0.717, 1.165) is 18.4 Å². The van der Waals surface area contributed by atoms with Crippen LogP contribution < -0.4 is 0 Å². The summed E-state index contributed by atoms with van der Waals surface area (Å²) < 4.78 is 14.5. The molecule has 27 heavy (non-hydrogen) atoms. The molecular formula is C20H25ClFNO3S. The lowest BCUT2D eigenvalue weighted by Crippen LogP contribution is -2.43. The minimum absolute atomic E-state index is 0. The van der Waals surface area contributed by atoms with E-state index in [1.165, 1.54) is 24.8 Å². The third-order valence-corrected chi connectivity index (χ3v) is 6.11. The maximum atomic E-state index is 14.5. The Morgan fingerprint density at radius 3 is 2.63 bits per heavy atom. The lowest BCUT2D eigenvalue weighted by molar-refractivity contribution is -0.126. The third kappa shape index (κ3) is 5.41. The molecule has 0 bridgehead atoms. The van der Waals surface area contributed by atoms with Gasteiger partial charge in [-0.2, -0.15) is 0 Å². The van der Waals surface area contributed by atoms with Crippen molar-refractivity contribution < 1.29 is 19.1 Å². The Labute approximate surface area is 169 Å². The molecule has 1 unspecified atom stereocenters. The Balaban J connectivity index is 0.00000261. The Kier molecular flexibility index (Phi) is 8.04. The predicted octanol–water partition coefficient (Wildman–Crippen LogP) is 3.54. The SMILES string of the molecule is CC(=O)S[C@H]1CCN(C(C(=O)C2CC2)c2ccccc2F)C/C1=C\CO.Cl. The molecule has 1 saturated heterocycles. The van der Waals surface area contributed by atoms with Crippen LogP contribution in [0.3, 0.4) is 0 Å². The minimum Gasteiger partial charge on any atom is -0.392 e. The zero-order valence-electron chi connectivity index (χ0n) is 15.3. The van der Waals surface area contributed by atoms with E-state index in [9.17, 15) is 19.1 Å². The Morgan fingerprint density at radius 1 is 1.33 bits per heavy atom. The Hall–Kier alpha value is -1.21. The summed E-state index contributed by atoms with van der Waals surface area (Å²) in [7, 11) is 0. The first kappa shape index (κ1) is 22.1. The number of aliphatic hydroxyl groups excluding tert-OH is 1. The van der Waals surface area contributed by atoms with Crippen molar-refractivity contribution in [2.75, 3.05) is 19.7 Å². The normalized spacial score (nSPS) is 22.9. The summed E-state index contributed by atoms with van der Waals surface area (Å²) in [5, 5.41) is 9.39. The van der Waals surface area contributed by atoms with Gasteiger partial charge in [-0.25, -0.2) is 4.39 Å². The number of benzene rings is 1. The second-order valence-electron chi connectivity index (χ2n) is 6.92. The number of ketones is 1. The maximum absolute atomic E-state index is 14.5. The molecule has 1 aliphatic carbocycles. The molecule has 2 fully saturated rings. The van der Waals surface area contributed by atoms with Crippen LogP contribution in [0.15, 0.2) is 35.9 Å². The number of piperidine rings is 1. The first-order valence-corrected chi connectivity index (χ1v) is 9.88. The van der Waals surface area contributed by atoms with Crippen molar-refractivity contribution >= 4 is 35.1 Å². The second kappa shape index (κ2) is 9.82. The van der Waals surface area contributed by atoms with Crippen LogP contribution in [0.4, 0.5) is 4.39 Å². The van der Waals surface area contributed by atoms with Crippen molar-refractivity contribution in [1.82, 2.24) is 4.90 Å². The zero-order valence-corrected chi connectivity index (χ0v) is 16.9. The van der Waals surface area contributed by atoms with Gasteiger partial charge < -0.3 is 5.11 Å². The fourth-order valence-corrected chi connectivity index (χ4v) is 4.52. The fourth-order valence-electron chi connectivity index (χ4n) is 3.57. The van der Waals surface area contributed by atoms with Crippen LogP contribution in [-0.4, -0.2) is 45.9 Å². The number of Topliss-reactive ketones (excluding diaryl/α,β-unsaturated/α-hetero) is 1. The highest BCUT2D eigenvalue weighted by Gasteiger charge is 2.41. The number of carbonyl (C=O) groups is 2. The van der Waals surface area contributed by atoms with Gasteiger partial charge in [0.1, 0.15) is 5.82 Å². The molecule has 1 heterocycles. The van der Waals surface area contributed by atoms with E-state index in [1.54, 1.807) is 24.3 Å². The lowest BCUT2D eigenvalue weighted by Gasteiger charge is -2.38. The molecule has 1 aromatic rings. The second-order valence-corrected chi connectivity index (χ2v) is 8.30. The molecule has 148 valence electrons. The van der Waals surface area contributed by atoms with Crippen LogP contribution in [-0.2, 0) is 9.59 Å². The number of aliphatic hydroxyl groups is 1. The summed E-state index contributed by atoms with van der Waals surface area (Å²) in [4.78, 5) is 26.4. The van der Waals surface area contributed by atoms with E-state index >= 15 is 0 Å². The van der Waals surface area contributed by atoms with Crippen molar-refractivity contribution in [2.45, 2.75) is 37.5 Å². The van der Waals surface area contributed by atoms with E-state index in [4.69, 9.17) is 0 Å². The smallest absolute Gasteiger partial charge is 0.186 e. The van der Waals surface area contributed by atoms with E-state index in [1.807, 2.05) is 4.90 Å². The van der Waals surface area contributed by atoms with Crippen LogP contribution >= 0.6 is 24.2 Å². The van der Waals surface area contributed by atoms with Crippen molar-refractivity contribution in [3.05, 3.63) is 47.3 Å². The van der Waals surface area contributed by atoms with Crippen LogP contribution in [0.1, 0.15) is 37.8 Å². The monoisotopic (exact) mass is 413 g/mol.